The lowest BCUT2D eigenvalue weighted by Crippen LogP contribution is -2.34. The first-order chi connectivity index (χ1) is 6.81. The predicted octanol–water partition coefficient (Wildman–Crippen LogP) is 1.75. The largest absolute Gasteiger partial charge is 0.390 e. The normalized spacial score (nSPS) is 32.9. The first kappa shape index (κ1) is 13.0. The van der Waals surface area contributed by atoms with Crippen molar-refractivity contribution in [2.45, 2.75) is 51.0 Å². The summed E-state index contributed by atoms with van der Waals surface area (Å²) in [4.78, 5) is 0. The van der Waals surface area contributed by atoms with Gasteiger partial charge in [0.1, 0.15) is 9.84 Å². The number of hydrogen-bond acceptors (Lipinski definition) is 3. The van der Waals surface area contributed by atoms with Gasteiger partial charge in [-0.1, -0.05) is 19.8 Å². The van der Waals surface area contributed by atoms with E-state index in [1.165, 1.54) is 12.7 Å². The summed E-state index contributed by atoms with van der Waals surface area (Å²) >= 11 is 0. The zero-order chi connectivity index (χ0) is 11.5. The molecule has 2 unspecified atom stereocenters. The highest BCUT2D eigenvalue weighted by Crippen LogP contribution is 2.35. The Morgan fingerprint density at radius 3 is 2.67 bits per heavy atom. The lowest BCUT2D eigenvalue weighted by Gasteiger charge is -2.35. The summed E-state index contributed by atoms with van der Waals surface area (Å²) < 4.78 is 21.9. The van der Waals surface area contributed by atoms with Crippen LogP contribution in [0.2, 0.25) is 0 Å². The summed E-state index contributed by atoms with van der Waals surface area (Å²) in [5.41, 5.74) is -0.595. The molecule has 0 saturated heterocycles. The van der Waals surface area contributed by atoms with E-state index in [0.717, 1.165) is 19.3 Å². The minimum atomic E-state index is -2.88. The van der Waals surface area contributed by atoms with Crippen molar-refractivity contribution in [3.63, 3.8) is 0 Å². The molecule has 1 rings (SSSR count). The topological polar surface area (TPSA) is 54.4 Å². The molecule has 0 aromatic rings. The van der Waals surface area contributed by atoms with Crippen LogP contribution < -0.4 is 0 Å². The van der Waals surface area contributed by atoms with Gasteiger partial charge in [-0.05, 0) is 31.6 Å². The Kier molecular flexibility index (Phi) is 4.18. The Balaban J connectivity index is 2.36. The summed E-state index contributed by atoms with van der Waals surface area (Å²) in [6, 6.07) is 0. The second kappa shape index (κ2) is 4.83. The van der Waals surface area contributed by atoms with Gasteiger partial charge in [0.15, 0.2) is 0 Å². The van der Waals surface area contributed by atoms with E-state index < -0.39 is 15.4 Å². The lowest BCUT2D eigenvalue weighted by atomic mass is 9.77. The van der Waals surface area contributed by atoms with Crippen molar-refractivity contribution in [2.24, 2.45) is 5.92 Å². The van der Waals surface area contributed by atoms with E-state index >= 15 is 0 Å². The highest BCUT2D eigenvalue weighted by molar-refractivity contribution is 7.90. The van der Waals surface area contributed by atoms with Gasteiger partial charge in [0.05, 0.1) is 5.60 Å². The van der Waals surface area contributed by atoms with Gasteiger partial charge >= 0.3 is 0 Å². The Labute approximate surface area is 92.8 Å². The Bertz CT molecular complexity index is 297. The molecule has 0 aromatic heterocycles. The maximum Gasteiger partial charge on any atom is 0.147 e. The molecular formula is C11H22O3S. The molecule has 0 bridgehead atoms. The van der Waals surface area contributed by atoms with E-state index in [1.54, 1.807) is 0 Å². The molecule has 2 atom stereocenters. The molecule has 0 spiro atoms. The molecule has 3 nitrogen and oxygen atoms in total. The maximum absolute atomic E-state index is 11.0. The molecule has 4 heteroatoms. The van der Waals surface area contributed by atoms with Crippen molar-refractivity contribution >= 4 is 9.84 Å². The molecule has 15 heavy (non-hydrogen) atoms. The van der Waals surface area contributed by atoms with E-state index in [2.05, 4.69) is 6.92 Å². The average molecular weight is 234 g/mol. The van der Waals surface area contributed by atoms with Gasteiger partial charge in [-0.15, -0.1) is 0 Å². The first-order valence-corrected chi connectivity index (χ1v) is 7.77. The Hall–Kier alpha value is -0.0900. The van der Waals surface area contributed by atoms with Gasteiger partial charge in [-0.25, -0.2) is 8.42 Å². The van der Waals surface area contributed by atoms with Crippen molar-refractivity contribution in [3.05, 3.63) is 0 Å². The summed E-state index contributed by atoms with van der Waals surface area (Å²) in [6.45, 7) is 2.15. The van der Waals surface area contributed by atoms with Crippen LogP contribution in [0, 0.1) is 5.92 Å². The van der Waals surface area contributed by atoms with Crippen LogP contribution in [0.4, 0.5) is 0 Å². The zero-order valence-corrected chi connectivity index (χ0v) is 10.5. The van der Waals surface area contributed by atoms with Gasteiger partial charge < -0.3 is 5.11 Å². The zero-order valence-electron chi connectivity index (χ0n) is 9.70. The fourth-order valence-electron chi connectivity index (χ4n) is 2.52. The predicted molar refractivity (Wildman–Crippen MR) is 61.5 cm³/mol. The third-order valence-corrected chi connectivity index (χ3v) is 4.25. The average Bonchev–Trinajstić information content (AvgIpc) is 1.99. The second-order valence-corrected chi connectivity index (χ2v) is 7.42. The van der Waals surface area contributed by atoms with E-state index in [1.807, 2.05) is 0 Å². The number of rotatable bonds is 4. The molecule has 0 aliphatic heterocycles. The Morgan fingerprint density at radius 1 is 1.47 bits per heavy atom. The lowest BCUT2D eigenvalue weighted by molar-refractivity contribution is -0.0203. The molecule has 0 heterocycles. The van der Waals surface area contributed by atoms with E-state index in [4.69, 9.17) is 0 Å². The monoisotopic (exact) mass is 234 g/mol. The van der Waals surface area contributed by atoms with Crippen molar-refractivity contribution in [1.29, 1.82) is 0 Å². The Morgan fingerprint density at radius 2 is 2.13 bits per heavy atom. The maximum atomic E-state index is 11.0. The van der Waals surface area contributed by atoms with Crippen LogP contribution in [0.1, 0.15) is 45.4 Å². The fourth-order valence-corrected chi connectivity index (χ4v) is 3.19. The van der Waals surface area contributed by atoms with Crippen LogP contribution in [0.3, 0.4) is 0 Å². The minimum absolute atomic E-state index is 0.198. The van der Waals surface area contributed by atoms with Gasteiger partial charge in [0.2, 0.25) is 0 Å². The molecule has 90 valence electrons. The minimum Gasteiger partial charge on any atom is -0.390 e. The summed E-state index contributed by atoms with van der Waals surface area (Å²) in [6.07, 6.45) is 6.38. The first-order valence-electron chi connectivity index (χ1n) is 5.71. The number of aliphatic hydroxyl groups is 1. The van der Waals surface area contributed by atoms with Gasteiger partial charge in [-0.3, -0.25) is 0 Å². The van der Waals surface area contributed by atoms with Crippen LogP contribution in [0.15, 0.2) is 0 Å². The molecule has 1 fully saturated rings. The van der Waals surface area contributed by atoms with Crippen molar-refractivity contribution in [3.8, 4) is 0 Å². The smallest absolute Gasteiger partial charge is 0.147 e. The molecular weight excluding hydrogens is 212 g/mol. The van der Waals surface area contributed by atoms with E-state index in [9.17, 15) is 13.5 Å². The quantitative estimate of drug-likeness (QED) is 0.806. The number of sulfone groups is 1. The number of hydrogen-bond donors (Lipinski definition) is 1. The van der Waals surface area contributed by atoms with Crippen LogP contribution in [-0.4, -0.2) is 31.1 Å². The van der Waals surface area contributed by atoms with Crippen LogP contribution in [0.5, 0.6) is 0 Å². The standard InChI is InChI=1S/C11H22O3S/c1-10-5-3-6-11(12,9-10)7-4-8-15(2,13)14/h10,12H,3-9H2,1-2H3. The van der Waals surface area contributed by atoms with Crippen LogP contribution >= 0.6 is 0 Å². The molecule has 1 N–H and O–H groups in total. The highest BCUT2D eigenvalue weighted by Gasteiger charge is 2.32. The van der Waals surface area contributed by atoms with Gasteiger partial charge in [0, 0.05) is 12.0 Å². The van der Waals surface area contributed by atoms with Crippen molar-refractivity contribution in [1.82, 2.24) is 0 Å². The van der Waals surface area contributed by atoms with Gasteiger partial charge in [0.25, 0.3) is 0 Å². The summed E-state index contributed by atoms with van der Waals surface area (Å²) in [7, 11) is -2.88. The third kappa shape index (κ3) is 4.98. The second-order valence-electron chi connectivity index (χ2n) is 5.16. The van der Waals surface area contributed by atoms with Crippen molar-refractivity contribution in [2.75, 3.05) is 12.0 Å². The molecule has 0 radical (unpaired) electrons. The molecule has 1 aliphatic rings. The fraction of sp³-hybridized carbons (Fsp3) is 1.00. The summed E-state index contributed by atoms with van der Waals surface area (Å²) in [5.74, 6) is 0.769. The molecule has 1 saturated carbocycles. The van der Waals surface area contributed by atoms with Crippen molar-refractivity contribution < 1.29 is 13.5 Å². The van der Waals surface area contributed by atoms with Crippen LogP contribution in [0.25, 0.3) is 0 Å². The SMILES string of the molecule is CC1CCCC(O)(CCCS(C)(=O)=O)C1. The summed E-state index contributed by atoms with van der Waals surface area (Å²) in [5, 5.41) is 10.2. The molecule has 0 amide bonds. The molecule has 1 aliphatic carbocycles. The van der Waals surface area contributed by atoms with Gasteiger partial charge in [-0.2, -0.15) is 0 Å². The van der Waals surface area contributed by atoms with E-state index in [-0.39, 0.29) is 5.75 Å². The van der Waals surface area contributed by atoms with E-state index in [0.29, 0.717) is 18.8 Å². The molecule has 0 aromatic carbocycles. The highest BCUT2D eigenvalue weighted by atomic mass is 32.2. The third-order valence-electron chi connectivity index (χ3n) is 3.22. The van der Waals surface area contributed by atoms with Crippen LogP contribution in [-0.2, 0) is 9.84 Å².